The smallest absolute Gasteiger partial charge is 0.228 e. The number of rotatable bonds is 4. The van der Waals surface area contributed by atoms with Crippen molar-refractivity contribution in [3.05, 3.63) is 36.2 Å². The molecule has 1 aliphatic rings. The van der Waals surface area contributed by atoms with Gasteiger partial charge in [-0.1, -0.05) is 0 Å². The first-order valence-corrected chi connectivity index (χ1v) is 7.48. The van der Waals surface area contributed by atoms with E-state index >= 15 is 0 Å². The molecule has 7 nitrogen and oxygen atoms in total. The fourth-order valence-corrected chi connectivity index (χ4v) is 2.90. The monoisotopic (exact) mass is 303 g/mol. The second kappa shape index (κ2) is 6.31. The molecule has 0 unspecified atom stereocenters. The van der Waals surface area contributed by atoms with Crippen LogP contribution >= 0.6 is 0 Å². The molecule has 3 rings (SSSR count). The van der Waals surface area contributed by atoms with Gasteiger partial charge in [0.25, 0.3) is 0 Å². The lowest BCUT2D eigenvalue weighted by molar-refractivity contribution is -0.144. The molecule has 2 aromatic heterocycles. The van der Waals surface area contributed by atoms with Gasteiger partial charge in [0.15, 0.2) is 0 Å². The van der Waals surface area contributed by atoms with Crippen LogP contribution in [0.3, 0.4) is 0 Å². The second-order valence-electron chi connectivity index (χ2n) is 5.72. The quantitative estimate of drug-likeness (QED) is 0.923. The minimum Gasteiger partial charge on any atom is -0.373 e. The van der Waals surface area contributed by atoms with Gasteiger partial charge in [0.1, 0.15) is 5.82 Å². The van der Waals surface area contributed by atoms with Gasteiger partial charge in [-0.05, 0) is 12.8 Å². The van der Waals surface area contributed by atoms with E-state index in [4.69, 9.17) is 4.74 Å². The second-order valence-corrected chi connectivity index (χ2v) is 5.72. The van der Waals surface area contributed by atoms with Gasteiger partial charge in [0.05, 0.1) is 24.8 Å². The maximum Gasteiger partial charge on any atom is 0.228 e. The van der Waals surface area contributed by atoms with Crippen LogP contribution in [0.2, 0.25) is 0 Å². The Balaban J connectivity index is 1.73. The number of hydrogen-bond acceptors (Lipinski definition) is 4. The van der Waals surface area contributed by atoms with Crippen molar-refractivity contribution in [2.75, 3.05) is 13.7 Å². The summed E-state index contributed by atoms with van der Waals surface area (Å²) in [5.41, 5.74) is 0.934. The van der Waals surface area contributed by atoms with E-state index in [0.717, 1.165) is 24.2 Å². The number of aromatic nitrogens is 4. The highest BCUT2D eigenvalue weighted by molar-refractivity contribution is 5.79. The molecular formula is C15H21N5O2. The number of ether oxygens (including phenoxy) is 1. The Hall–Kier alpha value is -2.15. The van der Waals surface area contributed by atoms with Gasteiger partial charge in [0.2, 0.25) is 5.91 Å². The number of carbonyl (C=O) groups excluding carboxylic acids is 1. The Labute approximate surface area is 129 Å². The fourth-order valence-electron chi connectivity index (χ4n) is 2.90. The lowest BCUT2D eigenvalue weighted by atomic mass is 9.89. The van der Waals surface area contributed by atoms with Crippen LogP contribution in [-0.4, -0.2) is 44.2 Å². The van der Waals surface area contributed by atoms with Gasteiger partial charge < -0.3 is 14.2 Å². The summed E-state index contributed by atoms with van der Waals surface area (Å²) in [5.74, 6) is 0.790. The summed E-state index contributed by atoms with van der Waals surface area (Å²) in [6.45, 7) is 1.18. The Kier molecular flexibility index (Phi) is 4.24. The van der Waals surface area contributed by atoms with E-state index < -0.39 is 0 Å². The highest BCUT2D eigenvalue weighted by Gasteiger charge is 2.35. The van der Waals surface area contributed by atoms with Crippen molar-refractivity contribution in [3.63, 3.8) is 0 Å². The van der Waals surface area contributed by atoms with Crippen LogP contribution in [0.1, 0.15) is 30.3 Å². The molecule has 2 atom stereocenters. The molecule has 0 saturated carbocycles. The highest BCUT2D eigenvalue weighted by atomic mass is 16.5. The molecule has 118 valence electrons. The van der Waals surface area contributed by atoms with Crippen LogP contribution < -0.4 is 0 Å². The van der Waals surface area contributed by atoms with Crippen LogP contribution in [0, 0.1) is 5.92 Å². The molecule has 0 radical (unpaired) electrons. The number of carbonyl (C=O) groups is 1. The average Bonchev–Trinajstić information content (AvgIpc) is 3.19. The lowest BCUT2D eigenvalue weighted by Gasteiger charge is -2.32. The zero-order valence-corrected chi connectivity index (χ0v) is 12.9. The van der Waals surface area contributed by atoms with Gasteiger partial charge >= 0.3 is 0 Å². The van der Waals surface area contributed by atoms with Crippen molar-refractivity contribution in [2.24, 2.45) is 13.0 Å². The molecule has 7 heteroatoms. The van der Waals surface area contributed by atoms with Crippen molar-refractivity contribution in [2.45, 2.75) is 25.5 Å². The minimum atomic E-state index is -0.219. The van der Waals surface area contributed by atoms with Crippen LogP contribution in [0.4, 0.5) is 0 Å². The number of nitrogens with one attached hydrogen (secondary N) is 1. The molecule has 0 spiro atoms. The number of aromatic amines is 1. The highest BCUT2D eigenvalue weighted by Crippen LogP contribution is 2.34. The Morgan fingerprint density at radius 1 is 1.59 bits per heavy atom. The van der Waals surface area contributed by atoms with Crippen LogP contribution in [0.15, 0.2) is 24.8 Å². The van der Waals surface area contributed by atoms with E-state index in [1.165, 1.54) is 0 Å². The number of aryl methyl sites for hydroxylation is 1. The van der Waals surface area contributed by atoms with E-state index in [2.05, 4.69) is 15.2 Å². The molecular weight excluding hydrogens is 282 g/mol. The standard InChI is InChI=1S/C15H21N5O2/c1-19-6-5-16-13(19)10-20(2)15(21)12-4-3-7-22-14(12)11-8-17-18-9-11/h5-6,8-9,12,14H,3-4,7,10H2,1-2H3,(H,17,18)/t12-,14+/m1/s1. The van der Waals surface area contributed by atoms with Gasteiger partial charge in [-0.15, -0.1) is 0 Å². The maximum absolute atomic E-state index is 12.8. The normalized spacial score (nSPS) is 21.7. The molecule has 0 aliphatic carbocycles. The van der Waals surface area contributed by atoms with Crippen LogP contribution in [-0.2, 0) is 23.1 Å². The first kappa shape index (κ1) is 14.8. The predicted molar refractivity (Wildman–Crippen MR) is 79.7 cm³/mol. The lowest BCUT2D eigenvalue weighted by Crippen LogP contribution is -2.38. The van der Waals surface area contributed by atoms with Gasteiger partial charge in [0, 0.05) is 44.9 Å². The Morgan fingerprint density at radius 2 is 2.45 bits per heavy atom. The first-order valence-electron chi connectivity index (χ1n) is 7.48. The van der Waals surface area contributed by atoms with Gasteiger partial charge in [-0.2, -0.15) is 5.10 Å². The molecule has 0 aromatic carbocycles. The summed E-state index contributed by atoms with van der Waals surface area (Å²) in [6, 6.07) is 0. The number of nitrogens with zero attached hydrogens (tertiary/aromatic N) is 4. The summed E-state index contributed by atoms with van der Waals surface area (Å²) < 4.78 is 7.76. The Morgan fingerprint density at radius 3 is 3.14 bits per heavy atom. The zero-order valence-electron chi connectivity index (χ0n) is 12.9. The third-order valence-corrected chi connectivity index (χ3v) is 4.16. The molecule has 1 amide bonds. The third kappa shape index (κ3) is 2.89. The number of imidazole rings is 1. The predicted octanol–water partition coefficient (Wildman–Crippen LogP) is 1.27. The van der Waals surface area contributed by atoms with Crippen LogP contribution in [0.25, 0.3) is 0 Å². The van der Waals surface area contributed by atoms with E-state index in [1.54, 1.807) is 23.5 Å². The molecule has 1 saturated heterocycles. The van der Waals surface area contributed by atoms with Gasteiger partial charge in [-0.25, -0.2) is 4.98 Å². The van der Waals surface area contributed by atoms with E-state index in [1.807, 2.05) is 24.9 Å². The van der Waals surface area contributed by atoms with E-state index in [-0.39, 0.29) is 17.9 Å². The summed E-state index contributed by atoms with van der Waals surface area (Å²) in [7, 11) is 3.75. The number of H-pyrrole nitrogens is 1. The fraction of sp³-hybridized carbons (Fsp3) is 0.533. The summed E-state index contributed by atoms with van der Waals surface area (Å²) in [6.07, 6.45) is 8.67. The topological polar surface area (TPSA) is 76.0 Å². The molecule has 22 heavy (non-hydrogen) atoms. The zero-order chi connectivity index (χ0) is 15.5. The maximum atomic E-state index is 12.8. The molecule has 0 bridgehead atoms. The van der Waals surface area contributed by atoms with Crippen molar-refractivity contribution < 1.29 is 9.53 Å². The third-order valence-electron chi connectivity index (χ3n) is 4.16. The molecule has 3 heterocycles. The van der Waals surface area contributed by atoms with Crippen molar-refractivity contribution in [1.82, 2.24) is 24.6 Å². The molecule has 1 N–H and O–H groups in total. The van der Waals surface area contributed by atoms with Crippen molar-refractivity contribution in [3.8, 4) is 0 Å². The molecule has 1 fully saturated rings. The average molecular weight is 303 g/mol. The summed E-state index contributed by atoms with van der Waals surface area (Å²) in [5, 5.41) is 6.76. The van der Waals surface area contributed by atoms with Crippen LogP contribution in [0.5, 0.6) is 0 Å². The van der Waals surface area contributed by atoms with E-state index in [9.17, 15) is 4.79 Å². The summed E-state index contributed by atoms with van der Waals surface area (Å²) in [4.78, 5) is 18.8. The van der Waals surface area contributed by atoms with E-state index in [0.29, 0.717) is 13.2 Å². The van der Waals surface area contributed by atoms with Crippen molar-refractivity contribution in [1.29, 1.82) is 0 Å². The molecule has 1 aliphatic heterocycles. The SMILES string of the molecule is CN(Cc1nccn1C)C(=O)[C@@H]1CCCO[C@H]1c1cn[nH]c1. The largest absolute Gasteiger partial charge is 0.373 e. The van der Waals surface area contributed by atoms with Crippen molar-refractivity contribution >= 4 is 5.91 Å². The summed E-state index contributed by atoms with van der Waals surface area (Å²) >= 11 is 0. The minimum absolute atomic E-state index is 0.0916. The Bertz CT molecular complexity index is 622. The van der Waals surface area contributed by atoms with Gasteiger partial charge in [-0.3, -0.25) is 9.89 Å². The first-order chi connectivity index (χ1) is 10.7. The number of hydrogen-bond donors (Lipinski definition) is 1. The molecule has 2 aromatic rings. The number of amides is 1.